The van der Waals surface area contributed by atoms with Crippen molar-refractivity contribution >= 4 is 23.8 Å². The summed E-state index contributed by atoms with van der Waals surface area (Å²) in [7, 11) is 0. The first-order chi connectivity index (χ1) is 15.8. The van der Waals surface area contributed by atoms with Crippen LogP contribution in [0.4, 0.5) is 10.2 Å². The zero-order valence-electron chi connectivity index (χ0n) is 18.8. The summed E-state index contributed by atoms with van der Waals surface area (Å²) in [5, 5.41) is 14.3. The second kappa shape index (κ2) is 9.08. The van der Waals surface area contributed by atoms with Crippen LogP contribution >= 0.6 is 0 Å². The molecule has 9 heteroatoms. The topological polar surface area (TPSA) is 92.9 Å². The number of pyridine rings is 1. The molecule has 4 rings (SSSR count). The molecule has 2 aromatic rings. The Balaban J connectivity index is 1.48. The van der Waals surface area contributed by atoms with E-state index in [1.54, 1.807) is 25.1 Å². The Morgan fingerprint density at radius 3 is 2.73 bits per heavy atom. The van der Waals surface area contributed by atoms with Crippen LogP contribution in [0.5, 0.6) is 0 Å². The van der Waals surface area contributed by atoms with Crippen molar-refractivity contribution in [3.63, 3.8) is 0 Å². The fourth-order valence-electron chi connectivity index (χ4n) is 4.36. The van der Waals surface area contributed by atoms with Gasteiger partial charge in [-0.15, -0.1) is 0 Å². The zero-order chi connectivity index (χ0) is 23.7. The number of carbonyl (C=O) groups is 2. The number of aromatic nitrogens is 1. The van der Waals surface area contributed by atoms with Crippen molar-refractivity contribution < 1.29 is 14.0 Å². The standard InChI is InChI=1S/C24H25FN6O2/c1-4-29-7-8-30(14-16(29)3)23(32)17-5-6-22(27-12-17)31-24(33)20(13-28-31)19-10-21(25)18(11-26)9-15(19)2/h5-6,9-10,12-13,16,20H,4,7-8,14H2,1-3H3/t16-,20?/m1/s1. The number of aryl methyl sites for hydroxylation is 1. The molecule has 33 heavy (non-hydrogen) atoms. The fourth-order valence-corrected chi connectivity index (χ4v) is 4.36. The van der Waals surface area contributed by atoms with Gasteiger partial charge in [-0.25, -0.2) is 9.37 Å². The first kappa shape index (κ1) is 22.6. The van der Waals surface area contributed by atoms with E-state index >= 15 is 0 Å². The lowest BCUT2D eigenvalue weighted by Crippen LogP contribution is -2.53. The Kier molecular flexibility index (Phi) is 6.20. The molecule has 0 spiro atoms. The van der Waals surface area contributed by atoms with Crippen LogP contribution in [0.2, 0.25) is 0 Å². The minimum Gasteiger partial charge on any atom is -0.336 e. The van der Waals surface area contributed by atoms with Crippen molar-refractivity contribution in [1.82, 2.24) is 14.8 Å². The SMILES string of the molecule is CCN1CCN(C(=O)c2ccc(N3N=CC(c4cc(F)c(C#N)cc4C)C3=O)nc2)C[C@H]1C. The predicted molar refractivity (Wildman–Crippen MR) is 121 cm³/mol. The number of nitrogens with zero attached hydrogens (tertiary/aromatic N) is 6. The number of hydrazone groups is 1. The van der Waals surface area contributed by atoms with Gasteiger partial charge in [0.1, 0.15) is 17.8 Å². The smallest absolute Gasteiger partial charge is 0.261 e. The van der Waals surface area contributed by atoms with Crippen molar-refractivity contribution in [2.75, 3.05) is 31.2 Å². The molecule has 0 bridgehead atoms. The molecule has 1 aromatic heterocycles. The summed E-state index contributed by atoms with van der Waals surface area (Å²) in [6.07, 6.45) is 2.89. The van der Waals surface area contributed by atoms with Crippen LogP contribution in [0, 0.1) is 24.1 Å². The van der Waals surface area contributed by atoms with Gasteiger partial charge in [0.25, 0.3) is 11.8 Å². The maximum absolute atomic E-state index is 14.1. The summed E-state index contributed by atoms with van der Waals surface area (Å²) >= 11 is 0. The molecule has 0 N–H and O–H groups in total. The normalized spacial score (nSPS) is 20.9. The molecular weight excluding hydrogens is 423 g/mol. The van der Waals surface area contributed by atoms with Gasteiger partial charge in [0.2, 0.25) is 0 Å². The fraction of sp³-hybridized carbons (Fsp3) is 0.375. The van der Waals surface area contributed by atoms with Gasteiger partial charge in [-0.1, -0.05) is 6.92 Å². The van der Waals surface area contributed by atoms with Crippen molar-refractivity contribution in [1.29, 1.82) is 5.26 Å². The molecular formula is C24H25FN6O2. The number of carbonyl (C=O) groups excluding carboxylic acids is 2. The molecule has 3 heterocycles. The van der Waals surface area contributed by atoms with Crippen LogP contribution in [0.3, 0.4) is 0 Å². The molecule has 2 atom stereocenters. The monoisotopic (exact) mass is 448 g/mol. The highest BCUT2D eigenvalue weighted by molar-refractivity contribution is 6.12. The van der Waals surface area contributed by atoms with E-state index in [-0.39, 0.29) is 23.2 Å². The maximum Gasteiger partial charge on any atom is 0.261 e. The van der Waals surface area contributed by atoms with Crippen molar-refractivity contribution in [2.24, 2.45) is 5.10 Å². The average Bonchev–Trinajstić information content (AvgIpc) is 3.20. The molecule has 1 fully saturated rings. The molecule has 2 amide bonds. The number of amides is 2. The highest BCUT2D eigenvalue weighted by Gasteiger charge is 2.33. The van der Waals surface area contributed by atoms with Crippen LogP contribution in [0.1, 0.15) is 46.8 Å². The quantitative estimate of drug-likeness (QED) is 0.717. The van der Waals surface area contributed by atoms with Crippen LogP contribution in [-0.2, 0) is 4.79 Å². The number of hydrogen-bond donors (Lipinski definition) is 0. The van der Waals surface area contributed by atoms with E-state index in [1.807, 2.05) is 4.90 Å². The summed E-state index contributed by atoms with van der Waals surface area (Å²) in [4.78, 5) is 34.3. The lowest BCUT2D eigenvalue weighted by atomic mass is 9.93. The van der Waals surface area contributed by atoms with E-state index in [4.69, 9.17) is 5.26 Å². The minimum absolute atomic E-state index is 0.0667. The second-order valence-electron chi connectivity index (χ2n) is 8.33. The van der Waals surface area contributed by atoms with Crippen LogP contribution in [0.25, 0.3) is 0 Å². The van der Waals surface area contributed by atoms with Gasteiger partial charge in [-0.2, -0.15) is 15.4 Å². The molecule has 1 aromatic carbocycles. The number of anilines is 1. The molecule has 1 unspecified atom stereocenters. The van der Waals surface area contributed by atoms with Crippen molar-refractivity contribution in [3.05, 3.63) is 58.5 Å². The van der Waals surface area contributed by atoms with Gasteiger partial charge in [0.05, 0.1) is 11.1 Å². The van der Waals surface area contributed by atoms with Gasteiger partial charge in [0, 0.05) is 38.1 Å². The third-order valence-electron chi connectivity index (χ3n) is 6.29. The molecule has 170 valence electrons. The molecule has 0 aliphatic carbocycles. The van der Waals surface area contributed by atoms with E-state index in [1.165, 1.54) is 24.5 Å². The predicted octanol–water partition coefficient (Wildman–Crippen LogP) is 2.68. The third kappa shape index (κ3) is 4.22. The summed E-state index contributed by atoms with van der Waals surface area (Å²) in [5.74, 6) is -1.63. The number of halogens is 1. The summed E-state index contributed by atoms with van der Waals surface area (Å²) in [6.45, 7) is 9.06. The molecule has 2 aliphatic heterocycles. The summed E-state index contributed by atoms with van der Waals surface area (Å²) < 4.78 is 14.1. The van der Waals surface area contributed by atoms with Gasteiger partial charge in [-0.05, 0) is 55.8 Å². The first-order valence-electron chi connectivity index (χ1n) is 10.9. The van der Waals surface area contributed by atoms with Crippen LogP contribution in [-0.4, -0.2) is 65.0 Å². The number of hydrogen-bond acceptors (Lipinski definition) is 6. The highest BCUT2D eigenvalue weighted by Crippen LogP contribution is 2.29. The Hall–Kier alpha value is -3.64. The first-order valence-corrected chi connectivity index (χ1v) is 10.9. The Morgan fingerprint density at radius 2 is 2.09 bits per heavy atom. The number of benzene rings is 1. The average molecular weight is 449 g/mol. The minimum atomic E-state index is -0.772. The van der Waals surface area contributed by atoms with Gasteiger partial charge in [0.15, 0.2) is 5.82 Å². The van der Waals surface area contributed by atoms with E-state index in [9.17, 15) is 14.0 Å². The van der Waals surface area contributed by atoms with Crippen LogP contribution < -0.4 is 5.01 Å². The highest BCUT2D eigenvalue weighted by atomic mass is 19.1. The largest absolute Gasteiger partial charge is 0.336 e. The number of piperazine rings is 1. The van der Waals surface area contributed by atoms with E-state index < -0.39 is 11.7 Å². The molecule has 8 nitrogen and oxygen atoms in total. The summed E-state index contributed by atoms with van der Waals surface area (Å²) in [5.41, 5.74) is 1.47. The maximum atomic E-state index is 14.1. The molecule has 0 saturated carbocycles. The third-order valence-corrected chi connectivity index (χ3v) is 6.29. The number of nitriles is 1. The number of likely N-dealkylation sites (N-methyl/N-ethyl adjacent to an activating group) is 1. The summed E-state index contributed by atoms with van der Waals surface area (Å²) in [6, 6.07) is 7.96. The molecule has 2 aliphatic rings. The zero-order valence-corrected chi connectivity index (χ0v) is 18.8. The van der Waals surface area contributed by atoms with Gasteiger partial charge >= 0.3 is 0 Å². The Morgan fingerprint density at radius 1 is 1.30 bits per heavy atom. The lowest BCUT2D eigenvalue weighted by Gasteiger charge is -2.39. The van der Waals surface area contributed by atoms with E-state index in [0.29, 0.717) is 35.8 Å². The second-order valence-corrected chi connectivity index (χ2v) is 8.33. The van der Waals surface area contributed by atoms with Crippen molar-refractivity contribution in [2.45, 2.75) is 32.7 Å². The Labute approximate surface area is 191 Å². The molecule has 0 radical (unpaired) electrons. The van der Waals surface area contributed by atoms with Gasteiger partial charge in [-0.3, -0.25) is 14.5 Å². The molecule has 1 saturated heterocycles. The number of rotatable bonds is 4. The van der Waals surface area contributed by atoms with E-state index in [0.717, 1.165) is 18.1 Å². The lowest BCUT2D eigenvalue weighted by molar-refractivity contribution is -0.118. The van der Waals surface area contributed by atoms with Crippen LogP contribution in [0.15, 0.2) is 35.6 Å². The Bertz CT molecular complexity index is 1160. The van der Waals surface area contributed by atoms with Gasteiger partial charge < -0.3 is 4.90 Å². The van der Waals surface area contributed by atoms with Crippen molar-refractivity contribution in [3.8, 4) is 6.07 Å². The van der Waals surface area contributed by atoms with E-state index in [2.05, 4.69) is 28.8 Å².